The molecular formula is C11H12ClF3Si. The monoisotopic (exact) mass is 264 g/mol. The predicted molar refractivity (Wildman–Crippen MR) is 63.2 cm³/mol. The second-order valence-corrected chi connectivity index (χ2v) is 7.37. The van der Waals surface area contributed by atoms with Crippen LogP contribution in [0.4, 0.5) is 13.2 Å². The molecule has 5 heteroatoms. The van der Waals surface area contributed by atoms with Crippen LogP contribution in [0.5, 0.6) is 0 Å². The van der Waals surface area contributed by atoms with Crippen molar-refractivity contribution < 1.29 is 13.2 Å². The fourth-order valence-corrected chi connectivity index (χ4v) is 2.80. The van der Waals surface area contributed by atoms with Crippen molar-refractivity contribution in [2.24, 2.45) is 0 Å². The van der Waals surface area contributed by atoms with Crippen molar-refractivity contribution in [1.29, 1.82) is 0 Å². The lowest BCUT2D eigenvalue weighted by Gasteiger charge is -2.14. The second-order valence-electron chi connectivity index (χ2n) is 3.62. The van der Waals surface area contributed by atoms with E-state index < -0.39 is 20.5 Å². The van der Waals surface area contributed by atoms with Crippen molar-refractivity contribution in [2.45, 2.75) is 17.7 Å². The Balaban J connectivity index is 2.91. The van der Waals surface area contributed by atoms with Gasteiger partial charge in [-0.2, -0.15) is 13.2 Å². The number of hydrogen-bond acceptors (Lipinski definition) is 0. The molecule has 0 aliphatic heterocycles. The van der Waals surface area contributed by atoms with E-state index in [2.05, 4.69) is 6.58 Å². The van der Waals surface area contributed by atoms with Crippen molar-refractivity contribution >= 4 is 20.4 Å². The van der Waals surface area contributed by atoms with E-state index in [1.54, 1.807) is 0 Å². The Morgan fingerprint density at radius 3 is 2.19 bits per heavy atom. The smallest absolute Gasteiger partial charge is 0.166 e. The van der Waals surface area contributed by atoms with Gasteiger partial charge < -0.3 is 0 Å². The van der Waals surface area contributed by atoms with E-state index >= 15 is 0 Å². The van der Waals surface area contributed by atoms with E-state index in [0.717, 1.165) is 17.7 Å². The van der Waals surface area contributed by atoms with Crippen molar-refractivity contribution in [2.75, 3.05) is 0 Å². The summed E-state index contributed by atoms with van der Waals surface area (Å²) < 4.78 is 36.9. The lowest BCUT2D eigenvalue weighted by atomic mass is 10.1. The molecule has 1 rings (SSSR count). The third-order valence-corrected chi connectivity index (χ3v) is 5.89. The fraction of sp³-hybridized carbons (Fsp3) is 0.273. The van der Waals surface area contributed by atoms with Crippen LogP contribution >= 0.6 is 11.6 Å². The first-order chi connectivity index (χ1) is 7.36. The highest BCUT2D eigenvalue weighted by Crippen LogP contribution is 2.31. The highest BCUT2D eigenvalue weighted by Gasteiger charge is 2.30. The summed E-state index contributed by atoms with van der Waals surface area (Å²) in [6.45, 7) is 5.66. The third kappa shape index (κ3) is 3.12. The summed E-state index contributed by atoms with van der Waals surface area (Å²) in [5, 5.41) is -0.209. The molecule has 0 saturated heterocycles. The molecule has 0 heterocycles. The van der Waals surface area contributed by atoms with Gasteiger partial charge in [-0.05, 0) is 17.7 Å². The summed E-state index contributed by atoms with van der Waals surface area (Å²) >= 11 is 6.13. The minimum absolute atomic E-state index is 0.209. The third-order valence-electron chi connectivity index (χ3n) is 2.39. The first-order valence-corrected chi connectivity index (χ1v) is 7.72. The van der Waals surface area contributed by atoms with Gasteiger partial charge in [-0.1, -0.05) is 18.7 Å². The highest BCUT2D eigenvalue weighted by molar-refractivity contribution is 6.72. The van der Waals surface area contributed by atoms with Gasteiger partial charge in [0.1, 0.15) is 0 Å². The summed E-state index contributed by atoms with van der Waals surface area (Å²) in [6.07, 6.45) is -4.29. The predicted octanol–water partition coefficient (Wildman–Crippen LogP) is 4.11. The van der Waals surface area contributed by atoms with Crippen molar-refractivity contribution in [3.8, 4) is 0 Å². The Kier molecular flexibility index (Phi) is 4.21. The Bertz CT molecular complexity index is 358. The summed E-state index contributed by atoms with van der Waals surface area (Å²) in [7, 11) is -1.31. The molecule has 0 fully saturated rings. The number of benzene rings is 1. The van der Waals surface area contributed by atoms with E-state index in [1.807, 2.05) is 12.2 Å². The number of alkyl halides is 4. The maximum absolute atomic E-state index is 12.3. The van der Waals surface area contributed by atoms with Crippen LogP contribution in [0.25, 0.3) is 0 Å². The second kappa shape index (κ2) is 5.06. The Morgan fingerprint density at radius 1 is 1.31 bits per heavy atom. The van der Waals surface area contributed by atoms with Gasteiger partial charge in [-0.15, -0.1) is 23.9 Å². The maximum Gasteiger partial charge on any atom is 0.416 e. The molecule has 0 saturated carbocycles. The van der Waals surface area contributed by atoms with Gasteiger partial charge in [0.2, 0.25) is 0 Å². The average Bonchev–Trinajstić information content (AvgIpc) is 2.26. The Morgan fingerprint density at radius 2 is 1.81 bits per heavy atom. The van der Waals surface area contributed by atoms with Crippen LogP contribution in [-0.2, 0) is 6.18 Å². The highest BCUT2D eigenvalue weighted by atomic mass is 35.5. The van der Waals surface area contributed by atoms with Gasteiger partial charge in [0.05, 0.1) is 19.4 Å². The molecule has 88 valence electrons. The zero-order valence-electron chi connectivity index (χ0n) is 8.76. The van der Waals surface area contributed by atoms with Gasteiger partial charge >= 0.3 is 6.18 Å². The number of hydrogen-bond donors (Lipinski definition) is 0. The fourth-order valence-electron chi connectivity index (χ4n) is 1.28. The molecule has 0 aliphatic carbocycles. The van der Waals surface area contributed by atoms with Gasteiger partial charge in [-0.3, -0.25) is 0 Å². The van der Waals surface area contributed by atoms with Gasteiger partial charge in [-0.25, -0.2) is 0 Å². The number of rotatable bonds is 3. The minimum Gasteiger partial charge on any atom is -0.166 e. The van der Waals surface area contributed by atoms with Crippen molar-refractivity contribution in [3.63, 3.8) is 0 Å². The van der Waals surface area contributed by atoms with E-state index in [0.29, 0.717) is 0 Å². The summed E-state index contributed by atoms with van der Waals surface area (Å²) in [5.41, 5.74) is 1.90. The van der Waals surface area contributed by atoms with Gasteiger partial charge in [0.25, 0.3) is 0 Å². The van der Waals surface area contributed by atoms with E-state index in [1.165, 1.54) is 12.1 Å². The molecule has 0 spiro atoms. The maximum atomic E-state index is 12.3. The normalized spacial score (nSPS) is 15.6. The minimum atomic E-state index is -4.29. The van der Waals surface area contributed by atoms with Crippen molar-refractivity contribution in [1.82, 2.24) is 0 Å². The standard InChI is InChI=1S/C11H12ClF3Si/c1-3-16(2)10(12)8-4-6-9(7-5-8)11(13,14)15/h3-7,10,16H,1H2,2H3. The number of halogens is 4. The first kappa shape index (κ1) is 13.3. The zero-order chi connectivity index (χ0) is 12.3. The molecule has 0 amide bonds. The molecule has 2 atom stereocenters. The van der Waals surface area contributed by atoms with Gasteiger partial charge in [0, 0.05) is 0 Å². The quantitative estimate of drug-likeness (QED) is 0.569. The van der Waals surface area contributed by atoms with E-state index in [9.17, 15) is 13.2 Å². The van der Waals surface area contributed by atoms with Crippen LogP contribution < -0.4 is 0 Å². The molecule has 0 nitrogen and oxygen atoms in total. The lowest BCUT2D eigenvalue weighted by Crippen LogP contribution is -2.12. The van der Waals surface area contributed by atoms with Crippen molar-refractivity contribution in [3.05, 3.63) is 47.7 Å². The largest absolute Gasteiger partial charge is 0.416 e. The van der Waals surface area contributed by atoms with Crippen LogP contribution in [0.1, 0.15) is 16.1 Å². The summed E-state index contributed by atoms with van der Waals surface area (Å²) in [6, 6.07) is 5.00. The molecule has 2 unspecified atom stereocenters. The van der Waals surface area contributed by atoms with E-state index in [4.69, 9.17) is 11.6 Å². The van der Waals surface area contributed by atoms with Crippen LogP contribution in [-0.4, -0.2) is 8.80 Å². The SMILES string of the molecule is C=C[SiH](C)C(Cl)c1ccc(C(F)(F)F)cc1. The molecular weight excluding hydrogens is 253 g/mol. The molecule has 1 aromatic rings. The van der Waals surface area contributed by atoms with Crippen LogP contribution in [0.3, 0.4) is 0 Å². The summed E-state index contributed by atoms with van der Waals surface area (Å²) in [5.74, 6) is 0. The van der Waals surface area contributed by atoms with E-state index in [-0.39, 0.29) is 5.00 Å². The molecule has 0 bridgehead atoms. The molecule has 1 aromatic carbocycles. The zero-order valence-corrected chi connectivity index (χ0v) is 10.7. The summed E-state index contributed by atoms with van der Waals surface area (Å²) in [4.78, 5) is 0. The van der Waals surface area contributed by atoms with Crippen LogP contribution in [0.2, 0.25) is 6.55 Å². The molecule has 0 aliphatic rings. The molecule has 0 radical (unpaired) electrons. The molecule has 16 heavy (non-hydrogen) atoms. The van der Waals surface area contributed by atoms with Crippen LogP contribution in [0.15, 0.2) is 36.5 Å². The first-order valence-electron chi connectivity index (χ1n) is 4.80. The Hall–Kier alpha value is -0.743. The topological polar surface area (TPSA) is 0 Å². The van der Waals surface area contributed by atoms with Gasteiger partial charge in [0.15, 0.2) is 0 Å². The Labute approximate surface area is 99.3 Å². The molecule has 0 N–H and O–H groups in total. The van der Waals surface area contributed by atoms with Crippen LogP contribution in [0, 0.1) is 0 Å². The molecule has 0 aromatic heterocycles. The average molecular weight is 265 g/mol. The lowest BCUT2D eigenvalue weighted by molar-refractivity contribution is -0.137.